The van der Waals surface area contributed by atoms with Crippen molar-refractivity contribution >= 4 is 29.5 Å². The molecule has 1 N–H and O–H groups in total. The number of hydrogen-bond donors (Lipinski definition) is 1. The van der Waals surface area contributed by atoms with E-state index in [2.05, 4.69) is 6.58 Å². The number of phenols is 1. The summed E-state index contributed by atoms with van der Waals surface area (Å²) in [7, 11) is 0. The number of ether oxygens (including phenoxy) is 3. The number of rotatable bonds is 18. The van der Waals surface area contributed by atoms with E-state index >= 15 is 0 Å². The molecule has 0 saturated heterocycles. The van der Waals surface area contributed by atoms with Gasteiger partial charge in [0.1, 0.15) is 36.3 Å². The molecule has 41 heavy (non-hydrogen) atoms. The highest BCUT2D eigenvalue weighted by Crippen LogP contribution is 2.20. The van der Waals surface area contributed by atoms with Crippen LogP contribution < -0.4 is 4.74 Å². The molecule has 0 saturated carbocycles. The Kier molecular flexibility index (Phi) is 14.0. The Balaban J connectivity index is 1.87. The molecule has 1 atom stereocenters. The number of benzene rings is 2. The summed E-state index contributed by atoms with van der Waals surface area (Å²) in [6.07, 6.45) is 2.76. The minimum absolute atomic E-state index is 0.0371. The molecular weight excluding hydrogens is 528 g/mol. The van der Waals surface area contributed by atoms with E-state index < -0.39 is 17.9 Å². The van der Waals surface area contributed by atoms with Gasteiger partial charge in [-0.1, -0.05) is 30.8 Å². The number of hydrogen-bond acceptors (Lipinski definition) is 9. The molecule has 0 unspecified atom stereocenters. The van der Waals surface area contributed by atoms with Gasteiger partial charge >= 0.3 is 17.9 Å². The van der Waals surface area contributed by atoms with Crippen LogP contribution in [0, 0.1) is 5.92 Å². The van der Waals surface area contributed by atoms with Gasteiger partial charge in [-0.2, -0.15) is 0 Å². The molecule has 220 valence electrons. The topological polar surface area (TPSA) is 133 Å². The fourth-order valence-electron chi connectivity index (χ4n) is 3.88. The third-order valence-corrected chi connectivity index (χ3v) is 6.14. The standard InChI is InChI=1S/C32H38O9/c1-22(2)31(37)39-18-19-40-32(38)26(20-25-9-13-27(34)14-10-25)21-28(35)15-8-24-11-16-29(17-12-24)41-30(36)7-5-4-6-23(3)33/h9-14,16-17,26,34H,1,4-8,15,18-21H2,2-3H3/t26-/m1/s1. The molecule has 0 aliphatic heterocycles. The van der Waals surface area contributed by atoms with Crippen LogP contribution in [0.2, 0.25) is 0 Å². The molecule has 9 heteroatoms. The lowest BCUT2D eigenvalue weighted by Crippen LogP contribution is -2.25. The van der Waals surface area contributed by atoms with Crippen LogP contribution in [0.25, 0.3) is 0 Å². The van der Waals surface area contributed by atoms with Crippen LogP contribution in [0.1, 0.15) is 63.5 Å². The van der Waals surface area contributed by atoms with Gasteiger partial charge in [0, 0.05) is 31.3 Å². The fraction of sp³-hybridized carbons (Fsp3) is 0.406. The molecule has 0 heterocycles. The fourth-order valence-corrected chi connectivity index (χ4v) is 3.88. The molecule has 0 aliphatic carbocycles. The van der Waals surface area contributed by atoms with E-state index in [-0.39, 0.29) is 67.8 Å². The Labute approximate surface area is 240 Å². The van der Waals surface area contributed by atoms with Crippen LogP contribution in [0.4, 0.5) is 0 Å². The molecule has 0 aliphatic rings. The Hall–Kier alpha value is -4.27. The number of phenolic OH excluding ortho intramolecular Hbond substituents is 1. The molecule has 0 bridgehead atoms. The van der Waals surface area contributed by atoms with Crippen molar-refractivity contribution < 1.29 is 43.3 Å². The zero-order chi connectivity index (χ0) is 30.2. The average Bonchev–Trinajstić information content (AvgIpc) is 2.93. The minimum Gasteiger partial charge on any atom is -0.508 e. The second-order valence-corrected chi connectivity index (χ2v) is 9.92. The van der Waals surface area contributed by atoms with Gasteiger partial charge in [-0.15, -0.1) is 0 Å². The van der Waals surface area contributed by atoms with Gasteiger partial charge in [0.15, 0.2) is 0 Å². The first-order chi connectivity index (χ1) is 19.5. The Morgan fingerprint density at radius 1 is 0.805 bits per heavy atom. The number of aryl methyl sites for hydroxylation is 1. The number of unbranched alkanes of at least 4 members (excludes halogenated alkanes) is 1. The highest BCUT2D eigenvalue weighted by Gasteiger charge is 2.24. The van der Waals surface area contributed by atoms with Gasteiger partial charge in [0.2, 0.25) is 0 Å². The van der Waals surface area contributed by atoms with Crippen molar-refractivity contribution in [2.24, 2.45) is 5.92 Å². The summed E-state index contributed by atoms with van der Waals surface area (Å²) in [5, 5.41) is 9.54. The maximum absolute atomic E-state index is 12.8. The van der Waals surface area contributed by atoms with Gasteiger partial charge in [-0.05, 0) is 74.9 Å². The first-order valence-electron chi connectivity index (χ1n) is 13.6. The normalized spacial score (nSPS) is 11.3. The van der Waals surface area contributed by atoms with Crippen molar-refractivity contribution in [3.63, 3.8) is 0 Å². The summed E-state index contributed by atoms with van der Waals surface area (Å²) in [6, 6.07) is 13.3. The maximum Gasteiger partial charge on any atom is 0.333 e. The van der Waals surface area contributed by atoms with Crippen LogP contribution in [0.3, 0.4) is 0 Å². The second kappa shape index (κ2) is 17.4. The summed E-state index contributed by atoms with van der Waals surface area (Å²) < 4.78 is 15.5. The predicted octanol–water partition coefficient (Wildman–Crippen LogP) is 4.86. The lowest BCUT2D eigenvalue weighted by atomic mass is 9.92. The highest BCUT2D eigenvalue weighted by molar-refractivity contribution is 5.87. The van der Waals surface area contributed by atoms with Gasteiger partial charge < -0.3 is 24.1 Å². The zero-order valence-electron chi connectivity index (χ0n) is 23.7. The van der Waals surface area contributed by atoms with Crippen molar-refractivity contribution in [1.82, 2.24) is 0 Å². The zero-order valence-corrected chi connectivity index (χ0v) is 23.7. The number of esters is 3. The molecule has 9 nitrogen and oxygen atoms in total. The summed E-state index contributed by atoms with van der Waals surface area (Å²) in [5.41, 5.74) is 1.87. The van der Waals surface area contributed by atoms with E-state index in [1.807, 2.05) is 0 Å². The van der Waals surface area contributed by atoms with E-state index in [1.54, 1.807) is 36.4 Å². The summed E-state index contributed by atoms with van der Waals surface area (Å²) >= 11 is 0. The maximum atomic E-state index is 12.8. The van der Waals surface area contributed by atoms with Crippen molar-refractivity contribution in [3.8, 4) is 11.5 Å². The Morgan fingerprint density at radius 3 is 2.05 bits per heavy atom. The number of ketones is 2. The number of Topliss-reactive ketones (excluding diaryl/α,β-unsaturated/α-hetero) is 2. The van der Waals surface area contributed by atoms with E-state index in [0.717, 1.165) is 11.1 Å². The molecule has 2 aromatic carbocycles. The molecule has 0 aromatic heterocycles. The van der Waals surface area contributed by atoms with Crippen molar-refractivity contribution in [1.29, 1.82) is 0 Å². The lowest BCUT2D eigenvalue weighted by Gasteiger charge is -2.16. The van der Waals surface area contributed by atoms with Crippen LogP contribution in [-0.2, 0) is 46.3 Å². The molecular formula is C32H38O9. The first kappa shape index (κ1) is 32.9. The van der Waals surface area contributed by atoms with Crippen LogP contribution in [0.15, 0.2) is 60.7 Å². The first-order valence-corrected chi connectivity index (χ1v) is 13.6. The summed E-state index contributed by atoms with van der Waals surface area (Å²) in [4.78, 5) is 60.1. The lowest BCUT2D eigenvalue weighted by molar-refractivity contribution is -0.154. The van der Waals surface area contributed by atoms with Gasteiger partial charge in [0.05, 0.1) is 5.92 Å². The largest absolute Gasteiger partial charge is 0.508 e. The van der Waals surface area contributed by atoms with E-state index in [4.69, 9.17) is 14.2 Å². The summed E-state index contributed by atoms with van der Waals surface area (Å²) in [6.45, 7) is 6.25. The van der Waals surface area contributed by atoms with Gasteiger partial charge in [0.25, 0.3) is 0 Å². The van der Waals surface area contributed by atoms with E-state index in [1.165, 1.54) is 26.0 Å². The molecule has 0 radical (unpaired) electrons. The smallest absolute Gasteiger partial charge is 0.333 e. The third-order valence-electron chi connectivity index (χ3n) is 6.14. The van der Waals surface area contributed by atoms with Gasteiger partial charge in [-0.3, -0.25) is 14.4 Å². The number of carbonyl (C=O) groups is 5. The Bertz CT molecular complexity index is 1200. The molecule has 2 aromatic rings. The van der Waals surface area contributed by atoms with Crippen LogP contribution in [-0.4, -0.2) is 47.8 Å². The average molecular weight is 567 g/mol. The van der Waals surface area contributed by atoms with Crippen molar-refractivity contribution in [2.45, 2.75) is 65.2 Å². The third kappa shape index (κ3) is 13.6. The quantitative estimate of drug-likeness (QED) is 0.116. The highest BCUT2D eigenvalue weighted by atomic mass is 16.6. The second-order valence-electron chi connectivity index (χ2n) is 9.92. The minimum atomic E-state index is -0.749. The van der Waals surface area contributed by atoms with Crippen LogP contribution in [0.5, 0.6) is 11.5 Å². The number of carbonyl (C=O) groups excluding carboxylic acids is 5. The summed E-state index contributed by atoms with van der Waals surface area (Å²) in [5.74, 6) is -1.80. The van der Waals surface area contributed by atoms with Crippen molar-refractivity contribution in [3.05, 3.63) is 71.8 Å². The van der Waals surface area contributed by atoms with E-state index in [9.17, 15) is 29.1 Å². The van der Waals surface area contributed by atoms with Crippen LogP contribution >= 0.6 is 0 Å². The van der Waals surface area contributed by atoms with E-state index in [0.29, 0.717) is 31.4 Å². The molecule has 0 fully saturated rings. The predicted molar refractivity (Wildman–Crippen MR) is 151 cm³/mol. The molecule has 0 amide bonds. The SMILES string of the molecule is C=C(C)C(=O)OCCOC(=O)[C@@H](CC(=O)CCc1ccc(OC(=O)CCCCC(C)=O)cc1)Cc1ccc(O)cc1. The monoisotopic (exact) mass is 566 g/mol. The number of aromatic hydroxyl groups is 1. The molecule has 0 spiro atoms. The molecule has 2 rings (SSSR count). The van der Waals surface area contributed by atoms with Gasteiger partial charge in [-0.25, -0.2) is 4.79 Å². The Morgan fingerprint density at radius 2 is 1.41 bits per heavy atom. The van der Waals surface area contributed by atoms with Crippen molar-refractivity contribution in [2.75, 3.05) is 13.2 Å².